The summed E-state index contributed by atoms with van der Waals surface area (Å²) in [6.45, 7) is 1.34. The number of rotatable bonds is 5. The van der Waals surface area contributed by atoms with E-state index in [9.17, 15) is 18.0 Å². The van der Waals surface area contributed by atoms with Crippen LogP contribution in [0.5, 0.6) is 0 Å². The van der Waals surface area contributed by atoms with Gasteiger partial charge in [0.15, 0.2) is 16.6 Å². The van der Waals surface area contributed by atoms with Crippen molar-refractivity contribution in [3.05, 3.63) is 64.8 Å². The monoisotopic (exact) mass is 431 g/mol. The fourth-order valence-electron chi connectivity index (χ4n) is 3.48. The molecule has 3 heterocycles. The van der Waals surface area contributed by atoms with Crippen LogP contribution >= 0.6 is 11.3 Å². The van der Waals surface area contributed by atoms with Crippen LogP contribution in [0.1, 0.15) is 40.2 Å². The Bertz CT molecular complexity index is 1010. The molecule has 0 amide bonds. The molecule has 0 N–H and O–H groups in total. The highest BCUT2D eigenvalue weighted by Gasteiger charge is 2.40. The zero-order chi connectivity index (χ0) is 21.1. The Hall–Kier alpha value is -2.74. The molecule has 0 radical (unpaired) electrons. The van der Waals surface area contributed by atoms with Crippen molar-refractivity contribution in [2.24, 2.45) is 0 Å². The predicted molar refractivity (Wildman–Crippen MR) is 111 cm³/mol. The number of hydrogen-bond acceptors (Lipinski definition) is 5. The molecule has 0 saturated carbocycles. The Morgan fingerprint density at radius 3 is 2.40 bits per heavy atom. The first kappa shape index (κ1) is 20.5. The molecule has 1 aliphatic rings. The second-order valence-electron chi connectivity index (χ2n) is 7.24. The summed E-state index contributed by atoms with van der Waals surface area (Å²) < 4.78 is 40.6. The fourth-order valence-corrected chi connectivity index (χ4v) is 4.56. The van der Waals surface area contributed by atoms with Gasteiger partial charge in [0, 0.05) is 31.3 Å². The minimum absolute atomic E-state index is 0.146. The maximum Gasteiger partial charge on any atom is 0.435 e. The van der Waals surface area contributed by atoms with Gasteiger partial charge in [-0.3, -0.25) is 9.78 Å². The molecule has 30 heavy (non-hydrogen) atoms. The lowest BCUT2D eigenvalue weighted by atomic mass is 10.1. The third-order valence-corrected chi connectivity index (χ3v) is 6.18. The molecule has 156 valence electrons. The van der Waals surface area contributed by atoms with E-state index in [1.807, 2.05) is 35.2 Å². The van der Waals surface area contributed by atoms with E-state index in [0.717, 1.165) is 41.9 Å². The molecule has 0 unspecified atom stereocenters. The molecule has 4 nitrogen and oxygen atoms in total. The lowest BCUT2D eigenvalue weighted by molar-refractivity contribution is -0.141. The fraction of sp³-hybridized carbons (Fsp3) is 0.318. The standard InChI is InChI=1S/C22H20F3N3OS/c23-22(24,25)20-19(30-21(27-20)28-11-5-2-6-12-28)18(29)13-15-9-10-17(26-14-15)16-7-3-1-4-8-16/h1,3-4,7-10,14H,2,5-6,11-13H2. The van der Waals surface area contributed by atoms with E-state index >= 15 is 0 Å². The summed E-state index contributed by atoms with van der Waals surface area (Å²) >= 11 is 0.845. The molecule has 1 aromatic carbocycles. The van der Waals surface area contributed by atoms with Crippen LogP contribution in [0.25, 0.3) is 11.3 Å². The van der Waals surface area contributed by atoms with Gasteiger partial charge in [0.05, 0.1) is 5.69 Å². The highest BCUT2D eigenvalue weighted by atomic mass is 32.1. The Morgan fingerprint density at radius 1 is 1.03 bits per heavy atom. The van der Waals surface area contributed by atoms with Crippen LogP contribution in [0.15, 0.2) is 48.7 Å². The summed E-state index contributed by atoms with van der Waals surface area (Å²) in [5.41, 5.74) is 1.17. The summed E-state index contributed by atoms with van der Waals surface area (Å²) in [6.07, 6.45) is -0.364. The normalized spacial score (nSPS) is 14.7. The van der Waals surface area contributed by atoms with Crippen molar-refractivity contribution in [3.63, 3.8) is 0 Å². The molecule has 0 aliphatic carbocycles. The maximum absolute atomic E-state index is 13.5. The van der Waals surface area contributed by atoms with Gasteiger partial charge in [0.2, 0.25) is 0 Å². The third-order valence-electron chi connectivity index (χ3n) is 5.02. The summed E-state index contributed by atoms with van der Waals surface area (Å²) in [4.78, 5) is 22.4. The zero-order valence-corrected chi connectivity index (χ0v) is 17.0. The van der Waals surface area contributed by atoms with Crippen molar-refractivity contribution in [1.82, 2.24) is 9.97 Å². The first-order valence-electron chi connectivity index (χ1n) is 9.78. The van der Waals surface area contributed by atoms with Crippen molar-refractivity contribution >= 4 is 22.3 Å². The lowest BCUT2D eigenvalue weighted by Gasteiger charge is -2.25. The van der Waals surface area contributed by atoms with E-state index in [1.54, 1.807) is 18.3 Å². The average Bonchev–Trinajstić information content (AvgIpc) is 3.22. The molecular formula is C22H20F3N3OS. The lowest BCUT2D eigenvalue weighted by Crippen LogP contribution is -2.29. The van der Waals surface area contributed by atoms with Crippen molar-refractivity contribution in [1.29, 1.82) is 0 Å². The summed E-state index contributed by atoms with van der Waals surface area (Å²) in [5.74, 6) is -0.586. The highest BCUT2D eigenvalue weighted by molar-refractivity contribution is 7.17. The van der Waals surface area contributed by atoms with Gasteiger partial charge < -0.3 is 4.90 Å². The third kappa shape index (κ3) is 4.53. The minimum Gasteiger partial charge on any atom is -0.348 e. The van der Waals surface area contributed by atoms with Crippen molar-refractivity contribution in [3.8, 4) is 11.3 Å². The van der Waals surface area contributed by atoms with E-state index in [0.29, 0.717) is 18.7 Å². The Morgan fingerprint density at radius 2 is 1.77 bits per heavy atom. The van der Waals surface area contributed by atoms with Gasteiger partial charge in [-0.1, -0.05) is 47.7 Å². The highest BCUT2D eigenvalue weighted by Crippen LogP contribution is 2.38. The average molecular weight is 431 g/mol. The molecule has 1 aliphatic heterocycles. The van der Waals surface area contributed by atoms with E-state index in [1.165, 1.54) is 0 Å². The maximum atomic E-state index is 13.5. The predicted octanol–water partition coefficient (Wildman–Crippen LogP) is 5.64. The number of aromatic nitrogens is 2. The van der Waals surface area contributed by atoms with Gasteiger partial charge in [0.25, 0.3) is 0 Å². The van der Waals surface area contributed by atoms with Crippen molar-refractivity contribution in [2.75, 3.05) is 18.0 Å². The van der Waals surface area contributed by atoms with Crippen LogP contribution in [-0.4, -0.2) is 28.8 Å². The number of benzene rings is 1. The second kappa shape index (κ2) is 8.55. The Kier molecular flexibility index (Phi) is 5.85. The minimum atomic E-state index is -4.66. The molecule has 4 rings (SSSR count). The number of halogens is 3. The summed E-state index contributed by atoms with van der Waals surface area (Å²) in [6, 6.07) is 13.0. The van der Waals surface area contributed by atoms with Gasteiger partial charge >= 0.3 is 6.18 Å². The number of hydrogen-bond donors (Lipinski definition) is 0. The van der Waals surface area contributed by atoms with Crippen LogP contribution in [-0.2, 0) is 12.6 Å². The molecule has 8 heteroatoms. The van der Waals surface area contributed by atoms with Gasteiger partial charge in [-0.15, -0.1) is 0 Å². The van der Waals surface area contributed by atoms with E-state index in [2.05, 4.69) is 9.97 Å². The zero-order valence-electron chi connectivity index (χ0n) is 16.2. The first-order valence-corrected chi connectivity index (χ1v) is 10.6. The van der Waals surface area contributed by atoms with Crippen LogP contribution in [0, 0.1) is 0 Å². The molecule has 1 saturated heterocycles. The number of pyridine rings is 1. The Labute approximate surface area is 176 Å². The Balaban J connectivity index is 1.55. The summed E-state index contributed by atoms with van der Waals surface area (Å²) in [5, 5.41) is 0.280. The van der Waals surface area contributed by atoms with Gasteiger partial charge in [-0.05, 0) is 30.9 Å². The molecule has 2 aromatic heterocycles. The largest absolute Gasteiger partial charge is 0.435 e. The van der Waals surface area contributed by atoms with Crippen molar-refractivity contribution < 1.29 is 18.0 Å². The summed E-state index contributed by atoms with van der Waals surface area (Å²) in [7, 11) is 0. The van der Waals surface area contributed by atoms with Crippen molar-refractivity contribution in [2.45, 2.75) is 31.9 Å². The number of ketones is 1. The quantitative estimate of drug-likeness (QED) is 0.491. The van der Waals surface area contributed by atoms with Gasteiger partial charge in [0.1, 0.15) is 4.88 Å². The number of anilines is 1. The van der Waals surface area contributed by atoms with Gasteiger partial charge in [-0.25, -0.2) is 4.98 Å². The second-order valence-corrected chi connectivity index (χ2v) is 8.21. The van der Waals surface area contributed by atoms with Gasteiger partial charge in [-0.2, -0.15) is 13.2 Å². The van der Waals surface area contributed by atoms with E-state index in [-0.39, 0.29) is 16.4 Å². The first-order chi connectivity index (χ1) is 14.4. The molecule has 0 bridgehead atoms. The van der Waals surface area contributed by atoms with E-state index in [4.69, 9.17) is 0 Å². The smallest absolute Gasteiger partial charge is 0.348 e. The van der Waals surface area contributed by atoms with E-state index < -0.39 is 17.7 Å². The number of piperidine rings is 1. The van der Waals surface area contributed by atoms with Crippen LogP contribution in [0.3, 0.4) is 0 Å². The molecule has 1 fully saturated rings. The number of carbonyl (C=O) groups excluding carboxylic acids is 1. The number of alkyl halides is 3. The topological polar surface area (TPSA) is 46.1 Å². The van der Waals surface area contributed by atoms with Crippen LogP contribution < -0.4 is 4.90 Å². The molecular weight excluding hydrogens is 411 g/mol. The molecule has 3 aromatic rings. The number of nitrogens with zero attached hydrogens (tertiary/aromatic N) is 3. The van der Waals surface area contributed by atoms with Crippen LogP contribution in [0.4, 0.5) is 18.3 Å². The van der Waals surface area contributed by atoms with Crippen LogP contribution in [0.2, 0.25) is 0 Å². The molecule has 0 atom stereocenters. The number of carbonyl (C=O) groups is 1. The SMILES string of the molecule is O=C(Cc1ccc(-c2ccccc2)nc1)c1sc(N2CCCCC2)nc1C(F)(F)F. The molecule has 0 spiro atoms. The number of thiazole rings is 1. The number of Topliss-reactive ketones (excluding diaryl/α,β-unsaturated/α-hetero) is 1.